The maximum absolute atomic E-state index is 5.87. The van der Waals surface area contributed by atoms with Gasteiger partial charge in [0.1, 0.15) is 0 Å². The molecule has 0 heterocycles. The van der Waals surface area contributed by atoms with Crippen LogP contribution < -0.4 is 0 Å². The molecule has 0 amide bonds. The number of nitrogens with zero attached hydrogens (tertiary/aromatic N) is 1. The minimum Gasteiger partial charge on any atom is -0.256 e. The fourth-order valence-electron chi connectivity index (χ4n) is 2.38. The summed E-state index contributed by atoms with van der Waals surface area (Å²) in [6.07, 6.45) is 9.69. The second-order valence-corrected chi connectivity index (χ2v) is 6.08. The normalized spacial score (nSPS) is 11.2. The van der Waals surface area contributed by atoms with E-state index in [4.69, 9.17) is 11.6 Å². The predicted octanol–water partition coefficient (Wildman–Crippen LogP) is 6.60. The van der Waals surface area contributed by atoms with Gasteiger partial charge in [0.2, 0.25) is 0 Å². The number of hydrogen-bond acceptors (Lipinski definition) is 1. The van der Waals surface area contributed by atoms with Gasteiger partial charge in [0.05, 0.1) is 5.69 Å². The Kier molecular flexibility index (Phi) is 7.18. The highest BCUT2D eigenvalue weighted by Crippen LogP contribution is 2.16. The van der Waals surface area contributed by atoms with Crippen molar-refractivity contribution in [2.24, 2.45) is 4.99 Å². The molecular formula is C20H24ClN. The van der Waals surface area contributed by atoms with Crippen LogP contribution in [0.3, 0.4) is 0 Å². The summed E-state index contributed by atoms with van der Waals surface area (Å²) in [7, 11) is 0. The molecule has 0 radical (unpaired) electrons. The lowest BCUT2D eigenvalue weighted by Crippen LogP contribution is -1.85. The Balaban J connectivity index is 1.82. The van der Waals surface area contributed by atoms with Crippen LogP contribution in [0.4, 0.5) is 5.69 Å². The first-order chi connectivity index (χ1) is 10.8. The van der Waals surface area contributed by atoms with Crippen LogP contribution in [0.15, 0.2) is 53.5 Å². The molecule has 0 aromatic heterocycles. The molecule has 0 fully saturated rings. The maximum atomic E-state index is 5.87. The maximum Gasteiger partial charge on any atom is 0.0630 e. The molecule has 116 valence electrons. The molecular weight excluding hydrogens is 290 g/mol. The summed E-state index contributed by atoms with van der Waals surface area (Å²) < 4.78 is 0. The minimum absolute atomic E-state index is 0.750. The highest BCUT2D eigenvalue weighted by molar-refractivity contribution is 6.30. The van der Waals surface area contributed by atoms with Crippen LogP contribution in [-0.4, -0.2) is 6.21 Å². The van der Waals surface area contributed by atoms with Crippen LogP contribution in [0.5, 0.6) is 0 Å². The quantitative estimate of drug-likeness (QED) is 0.384. The van der Waals surface area contributed by atoms with Gasteiger partial charge in [-0.2, -0.15) is 0 Å². The number of rotatable bonds is 8. The standard InChI is InChI=1S/C20H24ClN/c1-2-3-4-5-6-7-17-10-14-20(15-11-17)22-16-18-8-12-19(21)13-9-18/h8-16H,2-7H2,1H3. The summed E-state index contributed by atoms with van der Waals surface area (Å²) in [4.78, 5) is 4.50. The van der Waals surface area contributed by atoms with Crippen molar-refractivity contribution < 1.29 is 0 Å². The molecule has 0 saturated heterocycles. The molecule has 0 atom stereocenters. The number of hydrogen-bond donors (Lipinski definition) is 0. The lowest BCUT2D eigenvalue weighted by molar-refractivity contribution is 0.632. The Morgan fingerprint density at radius 1 is 0.864 bits per heavy atom. The van der Waals surface area contributed by atoms with Crippen LogP contribution in [0.2, 0.25) is 5.02 Å². The van der Waals surface area contributed by atoms with E-state index in [1.54, 1.807) is 0 Å². The summed E-state index contributed by atoms with van der Waals surface area (Å²) >= 11 is 5.87. The molecule has 0 aliphatic rings. The molecule has 1 nitrogen and oxygen atoms in total. The monoisotopic (exact) mass is 313 g/mol. The fraction of sp³-hybridized carbons (Fsp3) is 0.350. The molecule has 2 heteroatoms. The van der Waals surface area contributed by atoms with Gasteiger partial charge in [0.15, 0.2) is 0 Å². The lowest BCUT2D eigenvalue weighted by Gasteiger charge is -2.02. The second-order valence-electron chi connectivity index (χ2n) is 5.64. The van der Waals surface area contributed by atoms with Crippen molar-refractivity contribution in [3.05, 3.63) is 64.7 Å². The third-order valence-corrected chi connectivity index (χ3v) is 3.99. The molecule has 0 unspecified atom stereocenters. The summed E-state index contributed by atoms with van der Waals surface area (Å²) in [5, 5.41) is 0.750. The first-order valence-corrected chi connectivity index (χ1v) is 8.54. The number of unbranched alkanes of at least 4 members (excludes halogenated alkanes) is 4. The smallest absolute Gasteiger partial charge is 0.0630 e. The Labute approximate surface area is 139 Å². The highest BCUT2D eigenvalue weighted by atomic mass is 35.5. The minimum atomic E-state index is 0.750. The van der Waals surface area contributed by atoms with Gasteiger partial charge in [0.25, 0.3) is 0 Å². The van der Waals surface area contributed by atoms with Crippen molar-refractivity contribution in [3.63, 3.8) is 0 Å². The Bertz CT molecular complexity index is 570. The molecule has 22 heavy (non-hydrogen) atoms. The molecule has 0 aliphatic heterocycles. The van der Waals surface area contributed by atoms with Crippen LogP contribution in [-0.2, 0) is 6.42 Å². The van der Waals surface area contributed by atoms with Gasteiger partial charge in [-0.05, 0) is 48.2 Å². The van der Waals surface area contributed by atoms with E-state index in [9.17, 15) is 0 Å². The van der Waals surface area contributed by atoms with Gasteiger partial charge in [-0.15, -0.1) is 0 Å². The van der Waals surface area contributed by atoms with Crippen LogP contribution in [0, 0.1) is 0 Å². The zero-order valence-electron chi connectivity index (χ0n) is 13.3. The van der Waals surface area contributed by atoms with Gasteiger partial charge in [0, 0.05) is 11.2 Å². The molecule has 2 rings (SSSR count). The van der Waals surface area contributed by atoms with E-state index in [1.807, 2.05) is 30.5 Å². The Morgan fingerprint density at radius 3 is 2.23 bits per heavy atom. The van der Waals surface area contributed by atoms with E-state index in [0.29, 0.717) is 0 Å². The Hall–Kier alpha value is -1.60. The van der Waals surface area contributed by atoms with Gasteiger partial charge in [-0.1, -0.05) is 68.5 Å². The zero-order valence-corrected chi connectivity index (χ0v) is 14.0. The largest absolute Gasteiger partial charge is 0.256 e. The third-order valence-electron chi connectivity index (χ3n) is 3.74. The van der Waals surface area contributed by atoms with Crippen LogP contribution in [0.1, 0.15) is 50.2 Å². The van der Waals surface area contributed by atoms with E-state index < -0.39 is 0 Å². The van der Waals surface area contributed by atoms with Crippen LogP contribution >= 0.6 is 11.6 Å². The number of halogens is 1. The summed E-state index contributed by atoms with van der Waals surface area (Å²) in [6, 6.07) is 16.3. The van der Waals surface area contributed by atoms with Crippen molar-refractivity contribution in [1.29, 1.82) is 0 Å². The highest BCUT2D eigenvalue weighted by Gasteiger charge is 1.95. The van der Waals surface area contributed by atoms with Gasteiger partial charge in [-0.3, -0.25) is 4.99 Å². The van der Waals surface area contributed by atoms with Crippen LogP contribution in [0.25, 0.3) is 0 Å². The summed E-state index contributed by atoms with van der Waals surface area (Å²) in [5.41, 5.74) is 3.45. The molecule has 0 spiro atoms. The lowest BCUT2D eigenvalue weighted by atomic mass is 10.1. The van der Waals surface area contributed by atoms with Crippen molar-refractivity contribution >= 4 is 23.5 Å². The fourth-order valence-corrected chi connectivity index (χ4v) is 2.51. The average Bonchev–Trinajstić information content (AvgIpc) is 2.55. The molecule has 2 aromatic rings. The Morgan fingerprint density at radius 2 is 1.55 bits per heavy atom. The first kappa shape index (κ1) is 16.8. The molecule has 0 aliphatic carbocycles. The number of aryl methyl sites for hydroxylation is 1. The summed E-state index contributed by atoms with van der Waals surface area (Å²) in [5.74, 6) is 0. The topological polar surface area (TPSA) is 12.4 Å². The van der Waals surface area contributed by atoms with Gasteiger partial charge >= 0.3 is 0 Å². The van der Waals surface area contributed by atoms with Crippen molar-refractivity contribution in [2.75, 3.05) is 0 Å². The molecule has 0 N–H and O–H groups in total. The van der Waals surface area contributed by atoms with E-state index in [0.717, 1.165) is 16.3 Å². The van der Waals surface area contributed by atoms with E-state index >= 15 is 0 Å². The second kappa shape index (κ2) is 9.42. The first-order valence-electron chi connectivity index (χ1n) is 8.16. The van der Waals surface area contributed by atoms with Crippen molar-refractivity contribution in [1.82, 2.24) is 0 Å². The molecule has 0 saturated carbocycles. The SMILES string of the molecule is CCCCCCCc1ccc(N=Cc2ccc(Cl)cc2)cc1. The molecule has 2 aromatic carbocycles. The predicted molar refractivity (Wildman–Crippen MR) is 97.6 cm³/mol. The van der Waals surface area contributed by atoms with E-state index in [1.165, 1.54) is 44.1 Å². The van der Waals surface area contributed by atoms with Crippen molar-refractivity contribution in [3.8, 4) is 0 Å². The van der Waals surface area contributed by atoms with Gasteiger partial charge in [-0.25, -0.2) is 0 Å². The zero-order chi connectivity index (χ0) is 15.6. The number of benzene rings is 2. The third kappa shape index (κ3) is 6.03. The van der Waals surface area contributed by atoms with E-state index in [-0.39, 0.29) is 0 Å². The van der Waals surface area contributed by atoms with Crippen molar-refractivity contribution in [2.45, 2.75) is 45.4 Å². The average molecular weight is 314 g/mol. The summed E-state index contributed by atoms with van der Waals surface area (Å²) in [6.45, 7) is 2.25. The number of aliphatic imine (C=N–C) groups is 1. The molecule has 0 bridgehead atoms. The van der Waals surface area contributed by atoms with Gasteiger partial charge < -0.3 is 0 Å². The van der Waals surface area contributed by atoms with E-state index in [2.05, 4.69) is 36.2 Å².